The van der Waals surface area contributed by atoms with Crippen molar-refractivity contribution in [2.24, 2.45) is 0 Å². The predicted molar refractivity (Wildman–Crippen MR) is 215 cm³/mol. The van der Waals surface area contributed by atoms with Gasteiger partial charge in [-0.05, 0) is 46.9 Å². The van der Waals surface area contributed by atoms with Gasteiger partial charge < -0.3 is 0 Å². The summed E-state index contributed by atoms with van der Waals surface area (Å²) < 4.78 is 0. The van der Waals surface area contributed by atoms with Crippen molar-refractivity contribution in [1.82, 2.24) is 0 Å². The van der Waals surface area contributed by atoms with Crippen molar-refractivity contribution in [2.45, 2.75) is 91.7 Å². The van der Waals surface area contributed by atoms with Crippen LogP contribution in [0.25, 0.3) is 43.8 Å². The molecule has 0 N–H and O–H groups in total. The quantitative estimate of drug-likeness (QED) is 0.0821. The normalized spacial score (nSPS) is 10.7. The Balaban J connectivity index is 0.000000227. The van der Waals surface area contributed by atoms with Crippen LogP contribution in [0, 0.1) is 0 Å². The summed E-state index contributed by atoms with van der Waals surface area (Å²) >= 11 is -0.826. The van der Waals surface area contributed by atoms with E-state index in [1.807, 2.05) is 0 Å². The fourth-order valence-corrected chi connectivity index (χ4v) is 5.92. The van der Waals surface area contributed by atoms with Crippen LogP contribution in [-0.4, -0.2) is 9.52 Å². The summed E-state index contributed by atoms with van der Waals surface area (Å²) in [6, 6.07) is 42.5. The second kappa shape index (κ2) is 21.1. The average molecular weight is 771 g/mol. The number of hydrogen-bond acceptors (Lipinski definition) is 0. The van der Waals surface area contributed by atoms with Crippen LogP contribution in [0.2, 0.25) is 13.1 Å². The van der Waals surface area contributed by atoms with Crippen molar-refractivity contribution < 1.29 is 20.8 Å². The number of hydrogen-bond donors (Lipinski definition) is 0. The van der Waals surface area contributed by atoms with Gasteiger partial charge in [0.25, 0.3) is 0 Å². The summed E-state index contributed by atoms with van der Waals surface area (Å²) in [6.07, 6.45) is 7.64. The van der Waals surface area contributed by atoms with Crippen LogP contribution in [0.4, 0.5) is 0 Å². The Morgan fingerprint density at radius 1 is 0.688 bits per heavy atom. The zero-order chi connectivity index (χ0) is 34.9. The van der Waals surface area contributed by atoms with Crippen LogP contribution in [0.1, 0.15) is 77.0 Å². The minimum atomic E-state index is -0.826. The molecule has 0 aliphatic rings. The summed E-state index contributed by atoms with van der Waals surface area (Å²) in [5.41, 5.74) is 9.80. The van der Waals surface area contributed by atoms with E-state index >= 15 is 0 Å². The summed E-state index contributed by atoms with van der Waals surface area (Å²) in [5, 5.41) is 5.41. The minimum absolute atomic E-state index is 0.213. The van der Waals surface area contributed by atoms with Crippen molar-refractivity contribution in [3.8, 4) is 22.3 Å². The van der Waals surface area contributed by atoms with Gasteiger partial charge in [0.05, 0.1) is 0 Å². The molecule has 0 fully saturated rings. The second-order valence-electron chi connectivity index (χ2n) is 13.3. The molecule has 0 nitrogen and oxygen atoms in total. The Morgan fingerprint density at radius 2 is 1.25 bits per heavy atom. The predicted octanol–water partition coefficient (Wildman–Crippen LogP) is 14.6. The van der Waals surface area contributed by atoms with E-state index in [1.165, 1.54) is 92.6 Å². The SMILES string of the molecule is CC(C)(C)c1ccc(-c2cccc3[cH-]ccc23)cc1.CCCCCCc1ccc(-c2cccc3[cH-]c(CC)cc23)cc1.C[Si]C.[Cl][Zr+2][Cl]. The Bertz CT molecular complexity index is 1750. The van der Waals surface area contributed by atoms with Crippen molar-refractivity contribution in [3.05, 3.63) is 132 Å². The van der Waals surface area contributed by atoms with E-state index in [4.69, 9.17) is 17.0 Å². The van der Waals surface area contributed by atoms with Crippen molar-refractivity contribution in [2.75, 3.05) is 0 Å². The van der Waals surface area contributed by atoms with Crippen molar-refractivity contribution in [3.63, 3.8) is 0 Å². The topological polar surface area (TPSA) is 0 Å². The maximum atomic E-state index is 4.93. The summed E-state index contributed by atoms with van der Waals surface area (Å²) in [5.74, 6) is 0. The van der Waals surface area contributed by atoms with E-state index < -0.39 is 20.8 Å². The first-order chi connectivity index (χ1) is 23.2. The molecule has 4 heteroatoms. The van der Waals surface area contributed by atoms with Gasteiger partial charge in [0.15, 0.2) is 0 Å². The van der Waals surface area contributed by atoms with Gasteiger partial charge in [-0.25, -0.2) is 0 Å². The maximum absolute atomic E-state index is 4.93. The molecule has 6 aromatic carbocycles. The van der Waals surface area contributed by atoms with E-state index in [-0.39, 0.29) is 5.41 Å². The molecule has 0 saturated heterocycles. The van der Waals surface area contributed by atoms with Gasteiger partial charge in [-0.15, -0.1) is 63.5 Å². The third kappa shape index (κ3) is 12.0. The van der Waals surface area contributed by atoms with E-state index in [9.17, 15) is 0 Å². The molecule has 0 spiro atoms. The van der Waals surface area contributed by atoms with Crippen LogP contribution in [0.3, 0.4) is 0 Å². The Morgan fingerprint density at radius 3 is 1.81 bits per heavy atom. The Kier molecular flexibility index (Phi) is 17.7. The van der Waals surface area contributed by atoms with E-state index in [0.29, 0.717) is 0 Å². The molecule has 0 aromatic heterocycles. The van der Waals surface area contributed by atoms with Crippen LogP contribution in [0.5, 0.6) is 0 Å². The monoisotopic (exact) mass is 768 g/mol. The van der Waals surface area contributed by atoms with Crippen LogP contribution in [0.15, 0.2) is 115 Å². The van der Waals surface area contributed by atoms with Crippen molar-refractivity contribution in [1.29, 1.82) is 0 Å². The number of benzene rings is 4. The molecule has 0 unspecified atom stereocenters. The summed E-state index contributed by atoms with van der Waals surface area (Å²) in [7, 11) is 11.0. The number of unbranched alkanes of at least 4 members (excludes halogenated alkanes) is 3. The first-order valence-electron chi connectivity index (χ1n) is 17.3. The molecule has 0 amide bonds. The van der Waals surface area contributed by atoms with Gasteiger partial charge in [0, 0.05) is 9.52 Å². The standard InChI is InChI=1S/C23H27.C19H19.C2H6Si.2ClH.Zr/c1-3-5-6-7-9-19-12-14-20(15-13-19)22-11-8-10-21-16-18(4-2)17-23(21)22;1-19(2,3)16-12-10-15(11-13-16)18-9-5-7-14-6-4-8-17(14)18;1-3-2;;;/h8,10-17H,3-7,9H2,1-2H3;4-13H,1-3H3;1-2H3;2*1H;/q2*-1;;;;+4/p-2. The van der Waals surface area contributed by atoms with Gasteiger partial charge >= 0.3 is 37.9 Å². The molecule has 2 radical (unpaired) electrons. The first-order valence-corrected chi connectivity index (χ1v) is 25.6. The van der Waals surface area contributed by atoms with Crippen LogP contribution < -0.4 is 0 Å². The fraction of sp³-hybridized carbons (Fsp3) is 0.318. The molecular formula is C44H52Cl2SiZr. The van der Waals surface area contributed by atoms with Gasteiger partial charge in [-0.3, -0.25) is 0 Å². The van der Waals surface area contributed by atoms with Gasteiger partial charge in [0.1, 0.15) is 0 Å². The van der Waals surface area contributed by atoms with Gasteiger partial charge in [-0.1, -0.05) is 139 Å². The van der Waals surface area contributed by atoms with E-state index in [1.54, 1.807) is 0 Å². The fourth-order valence-electron chi connectivity index (χ4n) is 5.92. The molecule has 0 aliphatic carbocycles. The number of aryl methyl sites for hydroxylation is 2. The molecule has 0 aliphatic heterocycles. The Hall–Kier alpha value is -2.22. The molecule has 6 aromatic rings. The molecular weight excluding hydrogens is 719 g/mol. The third-order valence-electron chi connectivity index (χ3n) is 8.54. The summed E-state index contributed by atoms with van der Waals surface area (Å²) in [6.45, 7) is 15.5. The molecule has 0 bridgehead atoms. The molecule has 0 heterocycles. The second-order valence-corrected chi connectivity index (χ2v) is 18.0. The van der Waals surface area contributed by atoms with Gasteiger partial charge in [0.2, 0.25) is 0 Å². The summed E-state index contributed by atoms with van der Waals surface area (Å²) in [4.78, 5) is 0. The molecule has 0 saturated carbocycles. The number of rotatable bonds is 8. The number of halogens is 2. The first kappa shape index (κ1) is 40.2. The molecule has 48 heavy (non-hydrogen) atoms. The average Bonchev–Trinajstić information content (AvgIpc) is 3.75. The van der Waals surface area contributed by atoms with Crippen molar-refractivity contribution >= 4 is 48.1 Å². The molecule has 0 atom stereocenters. The van der Waals surface area contributed by atoms with Crippen LogP contribution in [-0.2, 0) is 39.1 Å². The molecule has 250 valence electrons. The third-order valence-corrected chi connectivity index (χ3v) is 8.54. The Labute approximate surface area is 312 Å². The van der Waals surface area contributed by atoms with Crippen LogP contribution >= 0.6 is 17.0 Å². The van der Waals surface area contributed by atoms with E-state index in [0.717, 1.165) is 15.9 Å². The number of fused-ring (bicyclic) bond motifs is 2. The zero-order valence-electron chi connectivity index (χ0n) is 30.0. The molecule has 6 rings (SSSR count). The van der Waals surface area contributed by atoms with Gasteiger partial charge in [-0.2, -0.15) is 18.2 Å². The zero-order valence-corrected chi connectivity index (χ0v) is 34.9. The van der Waals surface area contributed by atoms with E-state index in [2.05, 4.69) is 163 Å².